The van der Waals surface area contributed by atoms with Gasteiger partial charge < -0.3 is 9.73 Å². The van der Waals surface area contributed by atoms with Crippen molar-refractivity contribution in [2.45, 2.75) is 0 Å². The summed E-state index contributed by atoms with van der Waals surface area (Å²) in [7, 11) is 1.52. The molecule has 0 aliphatic carbocycles. The molecule has 0 aliphatic rings. The lowest BCUT2D eigenvalue weighted by Crippen LogP contribution is -2.24. The summed E-state index contributed by atoms with van der Waals surface area (Å²) in [6, 6.07) is 5.06. The Morgan fingerprint density at radius 3 is 3.00 bits per heavy atom. The van der Waals surface area contributed by atoms with Crippen LogP contribution in [-0.4, -0.2) is 23.0 Å². The number of nitrogens with zero attached hydrogens (tertiary/aromatic N) is 2. The molecule has 0 unspecified atom stereocenters. The molecular formula is C10H10N4O2. The predicted octanol–water partition coefficient (Wildman–Crippen LogP) is 1.49. The number of nitrogens with one attached hydrogen (secondary N) is 2. The van der Waals surface area contributed by atoms with Crippen molar-refractivity contribution < 1.29 is 9.21 Å². The van der Waals surface area contributed by atoms with Crippen molar-refractivity contribution in [3.8, 4) is 11.6 Å². The average molecular weight is 218 g/mol. The zero-order valence-electron chi connectivity index (χ0n) is 8.60. The second kappa shape index (κ2) is 4.43. The number of pyridine rings is 1. The number of rotatable bonds is 2. The van der Waals surface area contributed by atoms with E-state index in [1.165, 1.54) is 13.3 Å². The van der Waals surface area contributed by atoms with E-state index in [2.05, 4.69) is 20.6 Å². The fourth-order valence-electron chi connectivity index (χ4n) is 1.12. The lowest BCUT2D eigenvalue weighted by molar-refractivity contribution is 0.254. The van der Waals surface area contributed by atoms with Crippen molar-refractivity contribution in [1.29, 1.82) is 0 Å². The van der Waals surface area contributed by atoms with E-state index in [-0.39, 0.29) is 6.03 Å². The van der Waals surface area contributed by atoms with Gasteiger partial charge in [0, 0.05) is 13.2 Å². The lowest BCUT2D eigenvalue weighted by Gasteiger charge is -1.97. The average Bonchev–Trinajstić information content (AvgIpc) is 2.78. The number of aromatic nitrogens is 2. The van der Waals surface area contributed by atoms with Gasteiger partial charge in [0.25, 0.3) is 0 Å². The van der Waals surface area contributed by atoms with Gasteiger partial charge in [-0.1, -0.05) is 6.07 Å². The van der Waals surface area contributed by atoms with Crippen LogP contribution in [0.5, 0.6) is 0 Å². The Kier molecular flexibility index (Phi) is 2.81. The van der Waals surface area contributed by atoms with Gasteiger partial charge in [0.05, 0.1) is 0 Å². The molecule has 2 aromatic heterocycles. The fourth-order valence-corrected chi connectivity index (χ4v) is 1.12. The second-order valence-electron chi connectivity index (χ2n) is 2.96. The summed E-state index contributed by atoms with van der Waals surface area (Å²) in [6.45, 7) is 0. The minimum absolute atomic E-state index is 0.346. The fraction of sp³-hybridized carbons (Fsp3) is 0.100. The highest BCUT2D eigenvalue weighted by molar-refractivity contribution is 5.87. The molecule has 2 amide bonds. The van der Waals surface area contributed by atoms with Gasteiger partial charge in [-0.3, -0.25) is 10.3 Å². The summed E-state index contributed by atoms with van der Waals surface area (Å²) in [5.41, 5.74) is 0.618. The van der Waals surface area contributed by atoms with Crippen LogP contribution in [-0.2, 0) is 0 Å². The largest absolute Gasteiger partial charge is 0.441 e. The Morgan fingerprint density at radius 1 is 1.44 bits per heavy atom. The summed E-state index contributed by atoms with van der Waals surface area (Å²) < 4.78 is 5.18. The standard InChI is InChI=1S/C10H10N4O2/c1-11-10(15)14-8-6-16-9(13-8)7-4-2-3-5-12-7/h2-6H,1H3,(H2,11,14,15). The number of anilines is 1. The summed E-state index contributed by atoms with van der Waals surface area (Å²) in [5.74, 6) is 0.715. The van der Waals surface area contributed by atoms with Crippen molar-refractivity contribution in [2.75, 3.05) is 12.4 Å². The molecule has 0 radical (unpaired) electrons. The molecule has 6 nitrogen and oxygen atoms in total. The maximum Gasteiger partial charge on any atom is 0.320 e. The summed E-state index contributed by atoms with van der Waals surface area (Å²) in [5, 5.41) is 4.91. The number of urea groups is 1. The first-order valence-corrected chi connectivity index (χ1v) is 4.65. The van der Waals surface area contributed by atoms with Crippen LogP contribution in [0.1, 0.15) is 0 Å². The summed E-state index contributed by atoms with van der Waals surface area (Å²) in [6.07, 6.45) is 3.00. The van der Waals surface area contributed by atoms with Crippen molar-refractivity contribution >= 4 is 11.8 Å². The van der Waals surface area contributed by atoms with Crippen LogP contribution in [0.2, 0.25) is 0 Å². The van der Waals surface area contributed by atoms with Gasteiger partial charge in [-0.2, -0.15) is 4.98 Å². The van der Waals surface area contributed by atoms with Crippen molar-refractivity contribution in [1.82, 2.24) is 15.3 Å². The molecule has 16 heavy (non-hydrogen) atoms. The SMILES string of the molecule is CNC(=O)Nc1coc(-c2ccccn2)n1. The third-order valence-corrected chi connectivity index (χ3v) is 1.86. The molecule has 0 atom stereocenters. The molecular weight excluding hydrogens is 208 g/mol. The summed E-state index contributed by atoms with van der Waals surface area (Å²) in [4.78, 5) is 19.2. The molecule has 2 N–H and O–H groups in total. The van der Waals surface area contributed by atoms with Gasteiger partial charge >= 0.3 is 6.03 Å². The molecule has 0 spiro atoms. The molecule has 0 aromatic carbocycles. The Balaban J connectivity index is 2.17. The third kappa shape index (κ3) is 2.17. The predicted molar refractivity (Wildman–Crippen MR) is 57.8 cm³/mol. The highest BCUT2D eigenvalue weighted by atomic mass is 16.3. The maximum absolute atomic E-state index is 11.0. The van der Waals surface area contributed by atoms with Crippen molar-refractivity contribution in [3.63, 3.8) is 0 Å². The number of oxazole rings is 1. The van der Waals surface area contributed by atoms with Crippen LogP contribution >= 0.6 is 0 Å². The van der Waals surface area contributed by atoms with E-state index in [9.17, 15) is 4.79 Å². The lowest BCUT2D eigenvalue weighted by atomic mass is 10.3. The van der Waals surface area contributed by atoms with Crippen LogP contribution < -0.4 is 10.6 Å². The van der Waals surface area contributed by atoms with Gasteiger partial charge in [0.15, 0.2) is 5.82 Å². The highest BCUT2D eigenvalue weighted by Crippen LogP contribution is 2.17. The van der Waals surface area contributed by atoms with E-state index < -0.39 is 0 Å². The minimum atomic E-state index is -0.346. The highest BCUT2D eigenvalue weighted by Gasteiger charge is 2.08. The van der Waals surface area contributed by atoms with Crippen molar-refractivity contribution in [3.05, 3.63) is 30.7 Å². The molecule has 0 saturated carbocycles. The third-order valence-electron chi connectivity index (χ3n) is 1.86. The Hall–Kier alpha value is -2.37. The first-order chi connectivity index (χ1) is 7.79. The van der Waals surface area contributed by atoms with Gasteiger partial charge in [0.1, 0.15) is 12.0 Å². The number of amides is 2. The van der Waals surface area contributed by atoms with E-state index in [0.717, 1.165) is 0 Å². The Bertz CT molecular complexity index is 481. The van der Waals surface area contributed by atoms with E-state index in [0.29, 0.717) is 17.4 Å². The van der Waals surface area contributed by atoms with Crippen LogP contribution in [0.4, 0.5) is 10.6 Å². The van der Waals surface area contributed by atoms with Gasteiger partial charge in [-0.15, -0.1) is 0 Å². The second-order valence-corrected chi connectivity index (χ2v) is 2.96. The number of hydrogen-bond acceptors (Lipinski definition) is 4. The molecule has 2 aromatic rings. The van der Waals surface area contributed by atoms with Gasteiger partial charge in [0.2, 0.25) is 5.89 Å². The maximum atomic E-state index is 11.0. The number of hydrogen-bond donors (Lipinski definition) is 2. The quantitative estimate of drug-likeness (QED) is 0.800. The smallest absolute Gasteiger partial charge is 0.320 e. The van der Waals surface area contributed by atoms with Crippen LogP contribution in [0.25, 0.3) is 11.6 Å². The van der Waals surface area contributed by atoms with E-state index in [1.54, 1.807) is 18.3 Å². The van der Waals surface area contributed by atoms with Crippen LogP contribution in [0.15, 0.2) is 35.1 Å². The zero-order valence-corrected chi connectivity index (χ0v) is 8.60. The molecule has 0 fully saturated rings. The molecule has 2 heterocycles. The number of carbonyl (C=O) groups excluding carboxylic acids is 1. The normalized spacial score (nSPS) is 9.81. The topological polar surface area (TPSA) is 80.0 Å². The van der Waals surface area contributed by atoms with Crippen molar-refractivity contribution in [2.24, 2.45) is 0 Å². The van der Waals surface area contributed by atoms with E-state index in [1.807, 2.05) is 6.07 Å². The van der Waals surface area contributed by atoms with Crippen LogP contribution in [0.3, 0.4) is 0 Å². The molecule has 0 bridgehead atoms. The Morgan fingerprint density at radius 2 is 2.31 bits per heavy atom. The first-order valence-electron chi connectivity index (χ1n) is 4.65. The van der Waals surface area contributed by atoms with E-state index in [4.69, 9.17) is 4.42 Å². The monoisotopic (exact) mass is 218 g/mol. The molecule has 6 heteroatoms. The minimum Gasteiger partial charge on any atom is -0.441 e. The first kappa shape index (κ1) is 10.2. The molecule has 0 aliphatic heterocycles. The summed E-state index contributed by atoms with van der Waals surface area (Å²) >= 11 is 0. The molecule has 0 saturated heterocycles. The molecule has 82 valence electrons. The zero-order chi connectivity index (χ0) is 11.4. The number of carbonyl (C=O) groups is 1. The van der Waals surface area contributed by atoms with E-state index >= 15 is 0 Å². The van der Waals surface area contributed by atoms with Gasteiger partial charge in [-0.25, -0.2) is 4.79 Å². The Labute approximate surface area is 91.7 Å². The molecule has 2 rings (SSSR count). The van der Waals surface area contributed by atoms with Crippen LogP contribution in [0, 0.1) is 0 Å². The van der Waals surface area contributed by atoms with Gasteiger partial charge in [-0.05, 0) is 12.1 Å².